The highest BCUT2D eigenvalue weighted by molar-refractivity contribution is 6.33. The van der Waals surface area contributed by atoms with E-state index in [0.29, 0.717) is 34.9 Å². The Kier molecular flexibility index (Phi) is 7.31. The van der Waals surface area contributed by atoms with Crippen molar-refractivity contribution >= 4 is 41.6 Å². The van der Waals surface area contributed by atoms with Gasteiger partial charge in [0.1, 0.15) is 11.5 Å². The lowest BCUT2D eigenvalue weighted by Crippen LogP contribution is -2.34. The number of anilines is 3. The van der Waals surface area contributed by atoms with Gasteiger partial charge in [0.2, 0.25) is 17.8 Å². The first kappa shape index (κ1) is 24.1. The van der Waals surface area contributed by atoms with Crippen LogP contribution in [0.15, 0.2) is 39.9 Å². The molecule has 36 heavy (non-hydrogen) atoms. The van der Waals surface area contributed by atoms with Gasteiger partial charge in [-0.2, -0.15) is 20.1 Å². The second kappa shape index (κ2) is 10.9. The van der Waals surface area contributed by atoms with Gasteiger partial charge >= 0.3 is 5.97 Å². The molecule has 5 rings (SSSR count). The lowest BCUT2D eigenvalue weighted by Gasteiger charge is -2.30. The molecule has 0 amide bonds. The Hall–Kier alpha value is -3.66. The molecule has 0 radical (unpaired) electrons. The molecule has 2 fully saturated rings. The summed E-state index contributed by atoms with van der Waals surface area (Å²) in [6, 6.07) is 8.24. The number of carboxylic acids is 1. The fraction of sp³-hybridized carbons (Fsp3) is 0.400. The maximum atomic E-state index is 11.4. The van der Waals surface area contributed by atoms with Crippen molar-refractivity contribution in [3.8, 4) is 11.3 Å². The number of halogens is 1. The number of carboxylic acid groups (broad SMARTS) is 1. The molecule has 188 valence electrons. The molecule has 0 saturated carbocycles. The summed E-state index contributed by atoms with van der Waals surface area (Å²) in [5.74, 6) is 1.66. The molecular weight excluding hydrogens is 482 g/mol. The van der Waals surface area contributed by atoms with Crippen molar-refractivity contribution in [2.75, 3.05) is 41.4 Å². The van der Waals surface area contributed by atoms with Crippen LogP contribution in [0.5, 0.6) is 0 Å². The number of rotatable bonds is 7. The highest BCUT2D eigenvalue weighted by atomic mass is 35.5. The van der Waals surface area contributed by atoms with Gasteiger partial charge in [0, 0.05) is 31.7 Å². The lowest BCUT2D eigenvalue weighted by atomic mass is 10.1. The van der Waals surface area contributed by atoms with Crippen LogP contribution in [0, 0.1) is 0 Å². The summed E-state index contributed by atoms with van der Waals surface area (Å²) in [5, 5.41) is 13.8. The van der Waals surface area contributed by atoms with Crippen LogP contribution in [-0.4, -0.2) is 58.4 Å². The molecule has 2 N–H and O–H groups in total. The third-order valence-corrected chi connectivity index (χ3v) is 6.68. The molecular formula is C25H28ClN7O3. The number of hydrazone groups is 1. The van der Waals surface area contributed by atoms with Gasteiger partial charge in [0.15, 0.2) is 0 Å². The van der Waals surface area contributed by atoms with Crippen LogP contribution in [0.2, 0.25) is 5.02 Å². The van der Waals surface area contributed by atoms with Crippen molar-refractivity contribution < 1.29 is 14.3 Å². The second-order valence-corrected chi connectivity index (χ2v) is 9.33. The van der Waals surface area contributed by atoms with Crippen LogP contribution >= 0.6 is 11.6 Å². The maximum Gasteiger partial charge on any atom is 0.337 e. The fourth-order valence-electron chi connectivity index (χ4n) is 4.45. The Balaban J connectivity index is 1.33. The number of carbonyl (C=O) groups is 1. The summed E-state index contributed by atoms with van der Waals surface area (Å²) in [6.45, 7) is 3.76. The molecule has 4 heterocycles. The maximum absolute atomic E-state index is 11.4. The summed E-state index contributed by atoms with van der Waals surface area (Å²) in [4.78, 5) is 29.8. The molecule has 2 aromatic heterocycles. The van der Waals surface area contributed by atoms with Crippen LogP contribution in [0.3, 0.4) is 0 Å². The minimum absolute atomic E-state index is 0.0197. The fourth-order valence-corrected chi connectivity index (χ4v) is 4.65. The van der Waals surface area contributed by atoms with E-state index in [0.717, 1.165) is 51.9 Å². The number of hydrogen-bond donors (Lipinski definition) is 2. The molecule has 0 unspecified atom stereocenters. The highest BCUT2D eigenvalue weighted by Crippen LogP contribution is 2.27. The number of nitrogens with zero attached hydrogens (tertiary/aromatic N) is 6. The molecule has 0 spiro atoms. The molecule has 1 aromatic carbocycles. The molecule has 10 nitrogen and oxygen atoms in total. The van der Waals surface area contributed by atoms with Gasteiger partial charge in [0.25, 0.3) is 0 Å². The quantitative estimate of drug-likeness (QED) is 0.338. The topological polar surface area (TPSA) is 120 Å². The summed E-state index contributed by atoms with van der Waals surface area (Å²) >= 11 is 5.97. The molecule has 0 atom stereocenters. The van der Waals surface area contributed by atoms with Crippen LogP contribution in [-0.2, 0) is 0 Å². The zero-order chi connectivity index (χ0) is 24.9. The zero-order valence-electron chi connectivity index (χ0n) is 19.9. The van der Waals surface area contributed by atoms with Crippen molar-refractivity contribution in [2.45, 2.75) is 38.5 Å². The number of piperidine rings is 2. The number of aromatic carboxylic acids is 1. The van der Waals surface area contributed by atoms with E-state index in [2.05, 4.69) is 30.3 Å². The van der Waals surface area contributed by atoms with Gasteiger partial charge in [0.05, 0.1) is 16.8 Å². The predicted molar refractivity (Wildman–Crippen MR) is 139 cm³/mol. The molecule has 0 aliphatic carbocycles. The minimum atomic E-state index is -1.09. The van der Waals surface area contributed by atoms with E-state index >= 15 is 0 Å². The minimum Gasteiger partial charge on any atom is -0.478 e. The van der Waals surface area contributed by atoms with Crippen molar-refractivity contribution in [1.82, 2.24) is 15.0 Å². The van der Waals surface area contributed by atoms with Crippen molar-refractivity contribution in [3.05, 3.63) is 46.7 Å². The largest absolute Gasteiger partial charge is 0.478 e. The van der Waals surface area contributed by atoms with Crippen LogP contribution < -0.4 is 15.2 Å². The van der Waals surface area contributed by atoms with Crippen LogP contribution in [0.4, 0.5) is 17.8 Å². The smallest absolute Gasteiger partial charge is 0.337 e. The standard InChI is InChI=1S/C25H28ClN7O3/c26-20-9-7-17(15-19(20)22(34)35)21-10-8-18(36-21)16-27-31-23-28-24(32-11-3-1-4-12-32)30-25(29-23)33-13-5-2-6-14-33/h7-10,15-16H,1-6,11-14H2,(H,34,35)(H,28,29,30,31). The summed E-state index contributed by atoms with van der Waals surface area (Å²) in [7, 11) is 0. The summed E-state index contributed by atoms with van der Waals surface area (Å²) < 4.78 is 5.83. The van der Waals surface area contributed by atoms with Gasteiger partial charge < -0.3 is 19.3 Å². The molecule has 2 aliphatic heterocycles. The number of aromatic nitrogens is 3. The Morgan fingerprint density at radius 2 is 1.58 bits per heavy atom. The highest BCUT2D eigenvalue weighted by Gasteiger charge is 2.20. The third-order valence-electron chi connectivity index (χ3n) is 6.35. The predicted octanol–water partition coefficient (Wildman–Crippen LogP) is 4.91. The number of nitrogens with one attached hydrogen (secondary N) is 1. The van der Waals surface area contributed by atoms with Gasteiger partial charge in [-0.15, -0.1) is 0 Å². The molecule has 2 aliphatic rings. The SMILES string of the molecule is O=C(O)c1cc(-c2ccc(C=NNc3nc(N4CCCCC4)nc(N4CCCCC4)n3)o2)ccc1Cl. The van der Waals surface area contributed by atoms with E-state index in [1.807, 2.05) is 0 Å². The molecule has 0 bridgehead atoms. The van der Waals surface area contributed by atoms with E-state index in [1.54, 1.807) is 24.3 Å². The normalized spacial score (nSPS) is 16.5. The first-order valence-electron chi connectivity index (χ1n) is 12.2. The van der Waals surface area contributed by atoms with E-state index in [4.69, 9.17) is 21.0 Å². The average Bonchev–Trinajstić information content (AvgIpc) is 3.38. The Morgan fingerprint density at radius 1 is 0.944 bits per heavy atom. The van der Waals surface area contributed by atoms with Gasteiger partial charge in [-0.05, 0) is 68.9 Å². The van der Waals surface area contributed by atoms with E-state index < -0.39 is 5.97 Å². The van der Waals surface area contributed by atoms with Crippen LogP contribution in [0.25, 0.3) is 11.3 Å². The number of benzene rings is 1. The Bertz CT molecular complexity index is 1210. The second-order valence-electron chi connectivity index (χ2n) is 8.93. The molecule has 2 saturated heterocycles. The summed E-state index contributed by atoms with van der Waals surface area (Å²) in [6.07, 6.45) is 8.52. The number of hydrogen-bond acceptors (Lipinski definition) is 9. The van der Waals surface area contributed by atoms with E-state index in [-0.39, 0.29) is 10.6 Å². The summed E-state index contributed by atoms with van der Waals surface area (Å²) in [5.41, 5.74) is 3.56. The third kappa shape index (κ3) is 5.59. The molecule has 11 heteroatoms. The van der Waals surface area contributed by atoms with Crippen molar-refractivity contribution in [2.24, 2.45) is 5.10 Å². The Morgan fingerprint density at radius 3 is 2.19 bits per heavy atom. The first-order chi connectivity index (χ1) is 17.6. The van der Waals surface area contributed by atoms with E-state index in [1.165, 1.54) is 25.1 Å². The number of furan rings is 1. The zero-order valence-corrected chi connectivity index (χ0v) is 20.6. The van der Waals surface area contributed by atoms with Gasteiger partial charge in [-0.25, -0.2) is 10.2 Å². The first-order valence-corrected chi connectivity index (χ1v) is 12.6. The lowest BCUT2D eigenvalue weighted by molar-refractivity contribution is 0.0697. The van der Waals surface area contributed by atoms with Crippen molar-refractivity contribution in [3.63, 3.8) is 0 Å². The van der Waals surface area contributed by atoms with E-state index in [9.17, 15) is 9.90 Å². The monoisotopic (exact) mass is 509 g/mol. The Labute approximate surface area is 214 Å². The average molecular weight is 510 g/mol. The van der Waals surface area contributed by atoms with Crippen LogP contribution in [0.1, 0.15) is 54.6 Å². The van der Waals surface area contributed by atoms with Crippen molar-refractivity contribution in [1.29, 1.82) is 0 Å². The molecule has 3 aromatic rings. The van der Waals surface area contributed by atoms with Gasteiger partial charge in [-0.3, -0.25) is 0 Å². The van der Waals surface area contributed by atoms with Gasteiger partial charge in [-0.1, -0.05) is 11.6 Å².